The highest BCUT2D eigenvalue weighted by molar-refractivity contribution is 5.87. The largest absolute Gasteiger partial charge is 0.350 e. The smallest absolute Gasteiger partial charge is 0.243 e. The minimum absolute atomic E-state index is 0.0421. The molecule has 0 aromatic heterocycles. The zero-order valence-electron chi connectivity index (χ0n) is 9.99. The first kappa shape index (κ1) is 12.2. The Morgan fingerprint density at radius 3 is 2.47 bits per heavy atom. The summed E-state index contributed by atoms with van der Waals surface area (Å²) in [4.78, 5) is 13.8. The highest BCUT2D eigenvalue weighted by Gasteiger charge is 2.21. The van der Waals surface area contributed by atoms with Crippen LogP contribution in [0.3, 0.4) is 0 Å². The van der Waals surface area contributed by atoms with Gasteiger partial charge in [-0.05, 0) is 39.7 Å². The van der Waals surface area contributed by atoms with E-state index < -0.39 is 0 Å². The van der Waals surface area contributed by atoms with Crippen LogP contribution in [0, 0.1) is 0 Å². The minimum atomic E-state index is 0.0421. The van der Waals surface area contributed by atoms with Gasteiger partial charge >= 0.3 is 0 Å². The first-order chi connectivity index (χ1) is 7.13. The van der Waals surface area contributed by atoms with Crippen molar-refractivity contribution in [2.75, 3.05) is 13.1 Å². The molecule has 0 aromatic carbocycles. The number of amides is 1. The molecule has 1 aliphatic heterocycles. The lowest BCUT2D eigenvalue weighted by atomic mass is 10.0. The molecule has 0 spiro atoms. The monoisotopic (exact) mass is 210 g/mol. The number of nitrogens with zero attached hydrogens (tertiary/aromatic N) is 1. The highest BCUT2D eigenvalue weighted by Crippen LogP contribution is 2.12. The predicted octanol–water partition coefficient (Wildman–Crippen LogP) is 1.55. The van der Waals surface area contributed by atoms with Crippen molar-refractivity contribution in [1.82, 2.24) is 10.2 Å². The van der Waals surface area contributed by atoms with Crippen LogP contribution in [0.5, 0.6) is 0 Å². The molecule has 1 heterocycles. The van der Waals surface area contributed by atoms with Gasteiger partial charge in [0.1, 0.15) is 0 Å². The van der Waals surface area contributed by atoms with E-state index in [-0.39, 0.29) is 5.91 Å². The van der Waals surface area contributed by atoms with Crippen molar-refractivity contribution in [2.24, 2.45) is 0 Å². The molecular formula is C12H22N2O. The molecule has 1 saturated heterocycles. The number of nitrogens with one attached hydrogen (secondary N) is 1. The molecule has 86 valence electrons. The van der Waals surface area contributed by atoms with Gasteiger partial charge in [0, 0.05) is 25.2 Å². The topological polar surface area (TPSA) is 32.3 Å². The van der Waals surface area contributed by atoms with E-state index in [4.69, 9.17) is 0 Å². The van der Waals surface area contributed by atoms with Crippen LogP contribution >= 0.6 is 0 Å². The van der Waals surface area contributed by atoms with E-state index >= 15 is 0 Å². The summed E-state index contributed by atoms with van der Waals surface area (Å²) in [5.41, 5.74) is 0. The first-order valence-electron chi connectivity index (χ1n) is 5.80. The molecule has 0 atom stereocenters. The Labute approximate surface area is 92.5 Å². The molecule has 1 N–H and O–H groups in total. The van der Waals surface area contributed by atoms with E-state index in [1.54, 1.807) is 12.2 Å². The number of rotatable bonds is 3. The van der Waals surface area contributed by atoms with Crippen LogP contribution in [0.25, 0.3) is 0 Å². The molecule has 0 radical (unpaired) electrons. The lowest BCUT2D eigenvalue weighted by Gasteiger charge is -2.34. The second kappa shape index (κ2) is 5.91. The van der Waals surface area contributed by atoms with Gasteiger partial charge in [-0.3, -0.25) is 4.79 Å². The third-order valence-electron chi connectivity index (χ3n) is 2.92. The van der Waals surface area contributed by atoms with Crippen molar-refractivity contribution >= 4 is 5.91 Å². The number of likely N-dealkylation sites (tertiary alicyclic amines) is 1. The second-order valence-corrected chi connectivity index (χ2v) is 4.41. The average Bonchev–Trinajstić information content (AvgIpc) is 2.18. The van der Waals surface area contributed by atoms with Crippen LogP contribution in [-0.2, 0) is 4.79 Å². The summed E-state index contributed by atoms with van der Waals surface area (Å²) in [6.07, 6.45) is 5.51. The lowest BCUT2D eigenvalue weighted by Crippen LogP contribution is -2.46. The highest BCUT2D eigenvalue weighted by atomic mass is 16.1. The maximum Gasteiger partial charge on any atom is 0.243 e. The molecular weight excluding hydrogens is 188 g/mol. The fourth-order valence-electron chi connectivity index (χ4n) is 1.96. The molecule has 0 aliphatic carbocycles. The van der Waals surface area contributed by atoms with Gasteiger partial charge in [-0.2, -0.15) is 0 Å². The number of hydrogen-bond donors (Lipinski definition) is 1. The molecule has 0 aromatic rings. The quantitative estimate of drug-likeness (QED) is 0.717. The van der Waals surface area contributed by atoms with E-state index in [1.165, 1.54) is 0 Å². The summed E-state index contributed by atoms with van der Waals surface area (Å²) >= 11 is 0. The maximum absolute atomic E-state index is 11.3. The van der Waals surface area contributed by atoms with Crippen LogP contribution in [0.1, 0.15) is 33.6 Å². The molecule has 1 aliphatic rings. The zero-order valence-corrected chi connectivity index (χ0v) is 9.99. The average molecular weight is 210 g/mol. The minimum Gasteiger partial charge on any atom is -0.350 e. The zero-order chi connectivity index (χ0) is 11.3. The molecule has 1 amide bonds. The van der Waals surface area contributed by atoms with Crippen molar-refractivity contribution < 1.29 is 4.79 Å². The molecule has 0 unspecified atom stereocenters. The fourth-order valence-corrected chi connectivity index (χ4v) is 1.96. The van der Waals surface area contributed by atoms with Crippen LogP contribution in [-0.4, -0.2) is 36.0 Å². The van der Waals surface area contributed by atoms with Gasteiger partial charge in [0.2, 0.25) is 5.91 Å². The van der Waals surface area contributed by atoms with Gasteiger partial charge in [0.25, 0.3) is 0 Å². The summed E-state index contributed by atoms with van der Waals surface area (Å²) in [5, 5.41) is 3.03. The Kier molecular flexibility index (Phi) is 4.82. The number of carbonyl (C=O) groups excluding carboxylic acids is 1. The lowest BCUT2D eigenvalue weighted by molar-refractivity contribution is -0.117. The molecule has 3 heteroatoms. The van der Waals surface area contributed by atoms with Gasteiger partial charge < -0.3 is 10.2 Å². The summed E-state index contributed by atoms with van der Waals surface area (Å²) in [6.45, 7) is 8.50. The van der Waals surface area contributed by atoms with Gasteiger partial charge in [-0.15, -0.1) is 0 Å². The Balaban J connectivity index is 2.28. The molecule has 3 nitrogen and oxygen atoms in total. The van der Waals surface area contributed by atoms with Gasteiger partial charge in [0.15, 0.2) is 0 Å². The number of allylic oxidation sites excluding steroid dienone is 1. The van der Waals surface area contributed by atoms with Gasteiger partial charge in [-0.1, -0.05) is 6.08 Å². The Morgan fingerprint density at radius 2 is 2.00 bits per heavy atom. The Hall–Kier alpha value is -0.830. The number of carbonyl (C=O) groups is 1. The molecule has 1 rings (SSSR count). The van der Waals surface area contributed by atoms with Crippen molar-refractivity contribution in [3.63, 3.8) is 0 Å². The second-order valence-electron chi connectivity index (χ2n) is 4.41. The van der Waals surface area contributed by atoms with E-state index in [0.29, 0.717) is 12.1 Å². The van der Waals surface area contributed by atoms with Crippen LogP contribution in [0.2, 0.25) is 0 Å². The maximum atomic E-state index is 11.3. The standard InChI is InChI=1S/C12H22N2O/c1-4-5-12(15)13-11-6-8-14(9-7-11)10(2)3/h4-5,10-11H,6-9H2,1-3H3,(H,13,15)/b5-4+. The molecule has 0 bridgehead atoms. The van der Waals surface area contributed by atoms with Crippen molar-refractivity contribution in [1.29, 1.82) is 0 Å². The van der Waals surface area contributed by atoms with Crippen molar-refractivity contribution in [3.8, 4) is 0 Å². The van der Waals surface area contributed by atoms with E-state index in [0.717, 1.165) is 25.9 Å². The fraction of sp³-hybridized carbons (Fsp3) is 0.750. The third-order valence-corrected chi connectivity index (χ3v) is 2.92. The van der Waals surface area contributed by atoms with Gasteiger partial charge in [-0.25, -0.2) is 0 Å². The third kappa shape index (κ3) is 4.04. The summed E-state index contributed by atoms with van der Waals surface area (Å²) < 4.78 is 0. The van der Waals surface area contributed by atoms with E-state index in [2.05, 4.69) is 24.1 Å². The van der Waals surface area contributed by atoms with Crippen molar-refractivity contribution in [2.45, 2.75) is 45.7 Å². The predicted molar refractivity (Wildman–Crippen MR) is 62.7 cm³/mol. The van der Waals surface area contributed by atoms with Gasteiger partial charge in [0.05, 0.1) is 0 Å². The summed E-state index contributed by atoms with van der Waals surface area (Å²) in [6, 6.07) is 0.987. The summed E-state index contributed by atoms with van der Waals surface area (Å²) in [5.74, 6) is 0.0421. The van der Waals surface area contributed by atoms with E-state index in [1.807, 2.05) is 6.92 Å². The first-order valence-corrected chi connectivity index (χ1v) is 5.80. The van der Waals surface area contributed by atoms with E-state index in [9.17, 15) is 4.79 Å². The van der Waals surface area contributed by atoms with Crippen LogP contribution in [0.4, 0.5) is 0 Å². The molecule has 0 saturated carbocycles. The van der Waals surface area contributed by atoms with Crippen LogP contribution in [0.15, 0.2) is 12.2 Å². The Bertz CT molecular complexity index is 228. The normalized spacial score (nSPS) is 20.0. The molecule has 1 fully saturated rings. The Morgan fingerprint density at radius 1 is 1.40 bits per heavy atom. The summed E-state index contributed by atoms with van der Waals surface area (Å²) in [7, 11) is 0. The molecule has 15 heavy (non-hydrogen) atoms. The van der Waals surface area contributed by atoms with Crippen molar-refractivity contribution in [3.05, 3.63) is 12.2 Å². The number of hydrogen-bond acceptors (Lipinski definition) is 2. The van der Waals surface area contributed by atoms with Crippen LogP contribution < -0.4 is 5.32 Å². The SMILES string of the molecule is C/C=C/C(=O)NC1CCN(C(C)C)CC1. The number of piperidine rings is 1.